The number of nitro benzene ring substituents is 1. The molecular formula is C14H17ClN2O4. The minimum atomic E-state index is -0.536. The number of alkyl halides is 1. The standard InChI is InChI=1S/C14H17ClN2O4/c1-16(8-9-5-11(15)6-9)14(18)10-3-4-12(17(19)20)13(7-10)21-2/h3-4,7,9,11H,5-6,8H2,1-2H3. The van der Waals surface area contributed by atoms with E-state index in [9.17, 15) is 14.9 Å². The molecule has 114 valence electrons. The SMILES string of the molecule is COc1cc(C(=O)N(C)CC2CC(Cl)C2)ccc1[N+](=O)[O-]. The van der Waals surface area contributed by atoms with Crippen molar-refractivity contribution >= 4 is 23.2 Å². The highest BCUT2D eigenvalue weighted by molar-refractivity contribution is 6.21. The van der Waals surface area contributed by atoms with Crippen LogP contribution in [0.4, 0.5) is 5.69 Å². The molecule has 0 unspecified atom stereocenters. The molecule has 1 aromatic rings. The van der Waals surface area contributed by atoms with E-state index in [-0.39, 0.29) is 22.7 Å². The number of nitro groups is 1. The summed E-state index contributed by atoms with van der Waals surface area (Å²) in [4.78, 5) is 24.2. The van der Waals surface area contributed by atoms with Gasteiger partial charge in [0, 0.05) is 36.7 Å². The number of methoxy groups -OCH3 is 1. The highest BCUT2D eigenvalue weighted by atomic mass is 35.5. The number of halogens is 1. The van der Waals surface area contributed by atoms with Crippen LogP contribution in [0.1, 0.15) is 23.2 Å². The minimum Gasteiger partial charge on any atom is -0.490 e. The smallest absolute Gasteiger partial charge is 0.310 e. The Labute approximate surface area is 127 Å². The Morgan fingerprint density at radius 2 is 2.19 bits per heavy atom. The second kappa shape index (κ2) is 6.30. The molecule has 0 radical (unpaired) electrons. The van der Waals surface area contributed by atoms with Crippen LogP contribution in [-0.4, -0.2) is 41.8 Å². The number of ether oxygens (including phenoxy) is 1. The van der Waals surface area contributed by atoms with Gasteiger partial charge in [-0.2, -0.15) is 0 Å². The van der Waals surface area contributed by atoms with Crippen molar-refractivity contribution in [3.05, 3.63) is 33.9 Å². The summed E-state index contributed by atoms with van der Waals surface area (Å²) in [5.41, 5.74) is 0.224. The Morgan fingerprint density at radius 3 is 2.71 bits per heavy atom. The van der Waals surface area contributed by atoms with Crippen LogP contribution in [0.3, 0.4) is 0 Å². The summed E-state index contributed by atoms with van der Waals surface area (Å²) in [6.07, 6.45) is 1.84. The number of hydrogen-bond donors (Lipinski definition) is 0. The van der Waals surface area contributed by atoms with Crippen molar-refractivity contribution in [3.63, 3.8) is 0 Å². The van der Waals surface area contributed by atoms with Gasteiger partial charge < -0.3 is 9.64 Å². The molecule has 6 nitrogen and oxygen atoms in total. The molecule has 0 saturated heterocycles. The van der Waals surface area contributed by atoms with Gasteiger partial charge in [-0.3, -0.25) is 14.9 Å². The lowest BCUT2D eigenvalue weighted by Crippen LogP contribution is -2.37. The Bertz CT molecular complexity index is 558. The maximum absolute atomic E-state index is 12.3. The highest BCUT2D eigenvalue weighted by Crippen LogP contribution is 2.33. The van der Waals surface area contributed by atoms with E-state index >= 15 is 0 Å². The largest absolute Gasteiger partial charge is 0.490 e. The lowest BCUT2D eigenvalue weighted by molar-refractivity contribution is -0.385. The average molecular weight is 313 g/mol. The maximum Gasteiger partial charge on any atom is 0.310 e. The fourth-order valence-corrected chi connectivity index (χ4v) is 2.96. The van der Waals surface area contributed by atoms with Crippen LogP contribution in [0, 0.1) is 16.0 Å². The van der Waals surface area contributed by atoms with E-state index in [1.165, 1.54) is 25.3 Å². The first-order chi connectivity index (χ1) is 9.92. The van der Waals surface area contributed by atoms with Crippen molar-refractivity contribution < 1.29 is 14.5 Å². The van der Waals surface area contributed by atoms with E-state index in [2.05, 4.69) is 0 Å². The zero-order valence-corrected chi connectivity index (χ0v) is 12.7. The molecule has 1 aliphatic rings. The Morgan fingerprint density at radius 1 is 1.52 bits per heavy atom. The summed E-state index contributed by atoms with van der Waals surface area (Å²) in [5.74, 6) is 0.339. The number of nitrogens with zero attached hydrogens (tertiary/aromatic N) is 2. The van der Waals surface area contributed by atoms with Crippen molar-refractivity contribution in [2.45, 2.75) is 18.2 Å². The number of carbonyl (C=O) groups is 1. The number of hydrogen-bond acceptors (Lipinski definition) is 4. The molecule has 0 bridgehead atoms. The molecule has 0 aliphatic heterocycles. The first kappa shape index (κ1) is 15.6. The fraction of sp³-hybridized carbons (Fsp3) is 0.500. The van der Waals surface area contributed by atoms with Gasteiger partial charge in [0.2, 0.25) is 0 Å². The van der Waals surface area contributed by atoms with Crippen molar-refractivity contribution in [3.8, 4) is 5.75 Å². The van der Waals surface area contributed by atoms with E-state index in [0.717, 1.165) is 12.8 Å². The molecule has 1 fully saturated rings. The van der Waals surface area contributed by atoms with Crippen LogP contribution < -0.4 is 4.74 Å². The van der Waals surface area contributed by atoms with Gasteiger partial charge in [0.25, 0.3) is 5.91 Å². The topological polar surface area (TPSA) is 72.7 Å². The Hall–Kier alpha value is -1.82. The summed E-state index contributed by atoms with van der Waals surface area (Å²) in [7, 11) is 3.06. The van der Waals surface area contributed by atoms with E-state index in [0.29, 0.717) is 18.0 Å². The zero-order chi connectivity index (χ0) is 15.6. The molecule has 0 atom stereocenters. The van der Waals surface area contributed by atoms with Gasteiger partial charge in [-0.25, -0.2) is 0 Å². The minimum absolute atomic E-state index is 0.0868. The third-order valence-electron chi connectivity index (χ3n) is 3.68. The van der Waals surface area contributed by atoms with E-state index < -0.39 is 4.92 Å². The normalized spacial score (nSPS) is 20.5. The highest BCUT2D eigenvalue weighted by Gasteiger charge is 2.29. The number of benzene rings is 1. The first-order valence-electron chi connectivity index (χ1n) is 6.64. The molecular weight excluding hydrogens is 296 g/mol. The van der Waals surface area contributed by atoms with Crippen molar-refractivity contribution in [2.75, 3.05) is 20.7 Å². The van der Waals surface area contributed by atoms with Gasteiger partial charge in [-0.05, 0) is 24.8 Å². The maximum atomic E-state index is 12.3. The van der Waals surface area contributed by atoms with Gasteiger partial charge in [0.05, 0.1) is 12.0 Å². The van der Waals surface area contributed by atoms with E-state index in [4.69, 9.17) is 16.3 Å². The second-order valence-electron chi connectivity index (χ2n) is 5.26. The van der Waals surface area contributed by atoms with Gasteiger partial charge in [0.15, 0.2) is 5.75 Å². The number of carbonyl (C=O) groups excluding carboxylic acids is 1. The summed E-state index contributed by atoms with van der Waals surface area (Å²) < 4.78 is 4.97. The average Bonchev–Trinajstić information content (AvgIpc) is 2.43. The Kier molecular flexibility index (Phi) is 4.67. The molecule has 0 N–H and O–H groups in total. The number of rotatable bonds is 5. The lowest BCUT2D eigenvalue weighted by Gasteiger charge is -2.34. The second-order valence-corrected chi connectivity index (χ2v) is 5.88. The quantitative estimate of drug-likeness (QED) is 0.476. The van der Waals surface area contributed by atoms with Crippen LogP contribution in [0.5, 0.6) is 5.75 Å². The Balaban J connectivity index is 2.09. The third-order valence-corrected chi connectivity index (χ3v) is 4.04. The van der Waals surface area contributed by atoms with Crippen LogP contribution in [0.15, 0.2) is 18.2 Å². The molecule has 1 saturated carbocycles. The predicted molar refractivity (Wildman–Crippen MR) is 79.0 cm³/mol. The van der Waals surface area contributed by atoms with Crippen molar-refractivity contribution in [1.29, 1.82) is 0 Å². The molecule has 0 spiro atoms. The fourth-order valence-electron chi connectivity index (χ4n) is 2.46. The summed E-state index contributed by atoms with van der Waals surface area (Å²) >= 11 is 5.93. The van der Waals surface area contributed by atoms with Crippen LogP contribution in [0.2, 0.25) is 0 Å². The third kappa shape index (κ3) is 3.44. The van der Waals surface area contributed by atoms with Gasteiger partial charge in [0.1, 0.15) is 0 Å². The molecule has 7 heteroatoms. The molecule has 21 heavy (non-hydrogen) atoms. The van der Waals surface area contributed by atoms with Crippen molar-refractivity contribution in [1.82, 2.24) is 4.90 Å². The van der Waals surface area contributed by atoms with Crippen LogP contribution >= 0.6 is 11.6 Å². The molecule has 0 aromatic heterocycles. The molecule has 1 amide bonds. The van der Waals surface area contributed by atoms with Crippen LogP contribution in [-0.2, 0) is 0 Å². The van der Waals surface area contributed by atoms with Crippen molar-refractivity contribution in [2.24, 2.45) is 5.92 Å². The summed E-state index contributed by atoms with van der Waals surface area (Å²) in [6, 6.07) is 4.14. The predicted octanol–water partition coefficient (Wildman–Crippen LogP) is 2.69. The first-order valence-corrected chi connectivity index (χ1v) is 7.08. The van der Waals surface area contributed by atoms with Gasteiger partial charge >= 0.3 is 5.69 Å². The summed E-state index contributed by atoms with van der Waals surface area (Å²) in [5, 5.41) is 11.1. The zero-order valence-electron chi connectivity index (χ0n) is 11.9. The van der Waals surface area contributed by atoms with Gasteiger partial charge in [-0.15, -0.1) is 11.6 Å². The van der Waals surface area contributed by atoms with Crippen LogP contribution in [0.25, 0.3) is 0 Å². The molecule has 0 heterocycles. The molecule has 1 aromatic carbocycles. The number of amides is 1. The monoisotopic (exact) mass is 312 g/mol. The van der Waals surface area contributed by atoms with Gasteiger partial charge in [-0.1, -0.05) is 0 Å². The van der Waals surface area contributed by atoms with E-state index in [1.54, 1.807) is 11.9 Å². The molecule has 2 rings (SSSR count). The lowest BCUT2D eigenvalue weighted by atomic mass is 9.84. The molecule has 1 aliphatic carbocycles. The van der Waals surface area contributed by atoms with E-state index in [1.807, 2.05) is 0 Å². The summed E-state index contributed by atoms with van der Waals surface area (Å²) in [6.45, 7) is 0.640.